The van der Waals surface area contributed by atoms with Crippen LogP contribution in [0.3, 0.4) is 0 Å². The fourth-order valence-corrected chi connectivity index (χ4v) is 15.6. The van der Waals surface area contributed by atoms with E-state index in [2.05, 4.69) is 370 Å². The van der Waals surface area contributed by atoms with Crippen LogP contribution >= 0.6 is 0 Å². The molecule has 3 aromatic heterocycles. The lowest BCUT2D eigenvalue weighted by atomic mass is 9.79. The summed E-state index contributed by atoms with van der Waals surface area (Å²) in [6.07, 6.45) is 19.9. The van der Waals surface area contributed by atoms with E-state index in [1.165, 1.54) is 117 Å². The second kappa shape index (κ2) is 31.4. The first-order chi connectivity index (χ1) is 51.3. The molecule has 0 atom stereocenters. The number of fused-ring (bicyclic) bond motifs is 8. The van der Waals surface area contributed by atoms with Gasteiger partial charge in [-0.15, -0.1) is 0 Å². The molecule has 0 saturated carbocycles. The number of hydrogen-bond acceptors (Lipinski definition) is 2. The predicted molar refractivity (Wildman–Crippen MR) is 477 cm³/mol. The number of nitrogens with zero attached hydrogens (tertiary/aromatic N) is 2. The van der Waals surface area contributed by atoms with Crippen molar-refractivity contribution in [2.75, 3.05) is 0 Å². The normalized spacial score (nSPS) is 13.3. The van der Waals surface area contributed by atoms with Crippen molar-refractivity contribution in [1.82, 2.24) is 19.9 Å². The van der Waals surface area contributed by atoms with Gasteiger partial charge in [-0.3, -0.25) is 0 Å². The van der Waals surface area contributed by atoms with Gasteiger partial charge in [0.15, 0.2) is 0 Å². The van der Waals surface area contributed by atoms with Crippen molar-refractivity contribution in [3.8, 4) is 11.1 Å². The van der Waals surface area contributed by atoms with E-state index in [-0.39, 0.29) is 43.3 Å². The summed E-state index contributed by atoms with van der Waals surface area (Å²) in [5, 5.41) is 0. The number of rotatable bonds is 19. The van der Waals surface area contributed by atoms with Crippen molar-refractivity contribution in [2.45, 2.75) is 287 Å². The summed E-state index contributed by atoms with van der Waals surface area (Å²) in [7, 11) is 0. The molecule has 0 radical (unpaired) electrons. The van der Waals surface area contributed by atoms with Crippen molar-refractivity contribution in [2.24, 2.45) is 0 Å². The van der Waals surface area contributed by atoms with Crippen LogP contribution in [-0.2, 0) is 120 Å². The van der Waals surface area contributed by atoms with Crippen molar-refractivity contribution < 1.29 is 0 Å². The van der Waals surface area contributed by atoms with Gasteiger partial charge in [0.2, 0.25) is 0 Å². The van der Waals surface area contributed by atoms with Crippen LogP contribution in [0.25, 0.3) is 57.5 Å². The molecule has 4 heteroatoms. The van der Waals surface area contributed by atoms with Crippen LogP contribution in [-0.4, -0.2) is 19.9 Å². The highest BCUT2D eigenvalue weighted by Crippen LogP contribution is 2.38. The summed E-state index contributed by atoms with van der Waals surface area (Å²) in [5.41, 5.74) is 38.8. The molecular weight excluding hydrogens is 1330 g/mol. The third-order valence-electron chi connectivity index (χ3n) is 22.9. The minimum Gasteiger partial charge on any atom is -0.355 e. The highest BCUT2D eigenvalue weighted by molar-refractivity contribution is 5.88. The Labute approximate surface area is 663 Å². The highest BCUT2D eigenvalue weighted by atomic mass is 14.8. The third kappa shape index (κ3) is 21.2. The van der Waals surface area contributed by atoms with Gasteiger partial charge in [0.1, 0.15) is 0 Å². The Morgan fingerprint density at radius 2 is 0.418 bits per heavy atom. The fraction of sp³-hybridized carbons (Fsp3) is 0.415. The van der Waals surface area contributed by atoms with Gasteiger partial charge in [-0.1, -0.05) is 294 Å². The Kier molecular flexibility index (Phi) is 23.0. The van der Waals surface area contributed by atoms with Crippen LogP contribution in [0.2, 0.25) is 0 Å². The molecule has 2 aliphatic rings. The molecule has 8 bridgehead atoms. The molecule has 5 heterocycles. The first kappa shape index (κ1) is 80.7. The Hall–Kier alpha value is -8.86. The minimum atomic E-state index is 0.0513. The topological polar surface area (TPSA) is 57.4 Å². The SMILES string of the molecule is CC(C)(C)c1cc(CCc2cc(CCc3cc(CCc4cc(CCc5cc(C(C)(C)C)cc(C(C)(C)C)c5)cc(CCc5cc(C(C)(C)C)cc(C(C)(C)C)c5)c4)cc(-c4cc5cc6ccc(cc7nc(cc8nc(cc4[nH]5)C=C8)C=C7)[nH]6)c3)cc(CCc3cc(C(C)(C)C)cc(C(C)(C)C)c3)c2)cc(C(C)(C)C)c1. The Bertz CT molecular complexity index is 4700. The van der Waals surface area contributed by atoms with E-state index in [9.17, 15) is 0 Å². The second-order valence-electron chi connectivity index (χ2n) is 41.1. The van der Waals surface area contributed by atoms with Gasteiger partial charge >= 0.3 is 0 Å². The second-order valence-corrected chi connectivity index (χ2v) is 41.1. The molecule has 12 rings (SSSR count). The van der Waals surface area contributed by atoms with Crippen molar-refractivity contribution >= 4 is 46.4 Å². The molecule has 2 aliphatic heterocycles. The van der Waals surface area contributed by atoms with Crippen molar-refractivity contribution in [3.05, 3.63) is 304 Å². The van der Waals surface area contributed by atoms with Gasteiger partial charge in [0, 0.05) is 27.6 Å². The molecule has 0 spiro atoms. The average Bonchev–Trinajstić information content (AvgIpc) is 1.30. The number of nitrogens with one attached hydrogen (secondary N) is 2. The van der Waals surface area contributed by atoms with E-state index in [1.54, 1.807) is 0 Å². The monoisotopic (exact) mass is 1460 g/mol. The third-order valence-corrected chi connectivity index (χ3v) is 22.9. The van der Waals surface area contributed by atoms with E-state index >= 15 is 0 Å². The maximum absolute atomic E-state index is 5.17. The lowest BCUT2D eigenvalue weighted by Crippen LogP contribution is -2.17. The zero-order valence-electron chi connectivity index (χ0n) is 71.9. The van der Waals surface area contributed by atoms with Gasteiger partial charge in [-0.2, -0.15) is 0 Å². The summed E-state index contributed by atoms with van der Waals surface area (Å²) in [6.45, 7) is 56.6. The fourth-order valence-electron chi connectivity index (χ4n) is 15.6. The van der Waals surface area contributed by atoms with E-state index in [0.29, 0.717) is 0 Å². The molecule has 110 heavy (non-hydrogen) atoms. The lowest BCUT2D eigenvalue weighted by molar-refractivity contribution is 0.566. The van der Waals surface area contributed by atoms with Gasteiger partial charge in [-0.25, -0.2) is 9.97 Å². The van der Waals surface area contributed by atoms with E-state index < -0.39 is 0 Å². The highest BCUT2D eigenvalue weighted by Gasteiger charge is 2.26. The minimum absolute atomic E-state index is 0.0513. The molecule has 0 amide bonds. The number of hydrogen-bond donors (Lipinski definition) is 2. The summed E-state index contributed by atoms with van der Waals surface area (Å²) >= 11 is 0. The molecule has 10 aromatic rings. The van der Waals surface area contributed by atoms with Crippen LogP contribution in [0.4, 0.5) is 0 Å². The van der Waals surface area contributed by atoms with Crippen LogP contribution in [0.1, 0.15) is 300 Å². The standard InChI is InChI=1S/C106H130N4/c1-99(2,3)82-52-77(53-83(60-82)100(4,5)6)33-27-71-43-69(44-72(47-71)28-34-78-54-84(101(7,8)9)61-85(55-78)102(10,11)12)25-31-75-49-76(51-81(50-75)97-67-96-66-94-40-39-92(108-94)64-90-37-38-91(107-90)65-93-41-42-95(109-93)68-98(97)110-96)32-26-70-45-73(29-35-79-56-86(103(13,14)15)62-87(57-79)104(16,17)18)48-74(46-70)30-36-80-58-88(105(19,20)21)63-89(59-80)106(22,23)24/h37-68,108,110H,25-36H2,1-24H3. The lowest BCUT2D eigenvalue weighted by Gasteiger charge is -2.26. The summed E-state index contributed by atoms with van der Waals surface area (Å²) in [4.78, 5) is 17.7. The maximum atomic E-state index is 5.17. The first-order valence-corrected chi connectivity index (χ1v) is 41.4. The van der Waals surface area contributed by atoms with Crippen LogP contribution in [0.15, 0.2) is 170 Å². The van der Waals surface area contributed by atoms with Gasteiger partial charge in [0.25, 0.3) is 0 Å². The smallest absolute Gasteiger partial charge is 0.0659 e. The number of aromatic nitrogens is 4. The van der Waals surface area contributed by atoms with Gasteiger partial charge in [-0.05, 0) is 304 Å². The molecule has 0 aliphatic carbocycles. The molecule has 2 N–H and O–H groups in total. The maximum Gasteiger partial charge on any atom is 0.0659 e. The number of benzene rings is 7. The van der Waals surface area contributed by atoms with E-state index in [0.717, 1.165) is 127 Å². The number of aromatic amines is 2. The molecule has 574 valence electrons. The molecule has 0 unspecified atom stereocenters. The summed E-state index contributed by atoms with van der Waals surface area (Å²) < 4.78 is 0. The quantitative estimate of drug-likeness (QED) is 0.0848. The molecule has 0 saturated heterocycles. The predicted octanol–water partition coefficient (Wildman–Crippen LogP) is 27.4. The average molecular weight is 1460 g/mol. The van der Waals surface area contributed by atoms with Gasteiger partial charge < -0.3 is 9.97 Å². The zero-order valence-corrected chi connectivity index (χ0v) is 71.9. The van der Waals surface area contributed by atoms with Crippen LogP contribution in [0, 0.1) is 0 Å². The molecule has 4 nitrogen and oxygen atoms in total. The Morgan fingerprint density at radius 3 is 0.673 bits per heavy atom. The number of aryl methyl sites for hydroxylation is 12. The molecular formula is C106H130N4. The van der Waals surface area contributed by atoms with E-state index in [1.807, 2.05) is 0 Å². The van der Waals surface area contributed by atoms with E-state index in [4.69, 9.17) is 9.97 Å². The van der Waals surface area contributed by atoms with Gasteiger partial charge in [0.05, 0.1) is 22.8 Å². The largest absolute Gasteiger partial charge is 0.355 e. The Balaban J connectivity index is 0.951. The Morgan fingerprint density at radius 1 is 0.200 bits per heavy atom. The first-order valence-electron chi connectivity index (χ1n) is 41.4. The molecule has 7 aromatic carbocycles. The summed E-state index contributed by atoms with van der Waals surface area (Å²) in [6, 6.07) is 68.0. The summed E-state index contributed by atoms with van der Waals surface area (Å²) in [5.74, 6) is 0. The molecule has 0 fully saturated rings. The zero-order chi connectivity index (χ0) is 79.3. The van der Waals surface area contributed by atoms with Crippen LogP contribution in [0.5, 0.6) is 0 Å². The number of H-pyrrole nitrogens is 2. The van der Waals surface area contributed by atoms with Crippen molar-refractivity contribution in [3.63, 3.8) is 0 Å². The van der Waals surface area contributed by atoms with Crippen molar-refractivity contribution in [1.29, 1.82) is 0 Å². The van der Waals surface area contributed by atoms with Crippen LogP contribution < -0.4 is 0 Å².